The summed E-state index contributed by atoms with van der Waals surface area (Å²) in [6.07, 6.45) is 10.6. The van der Waals surface area contributed by atoms with Gasteiger partial charge < -0.3 is 5.11 Å². The monoisotopic (exact) mass is 178 g/mol. The normalized spacial score (nSPS) is 19.0. The van der Waals surface area contributed by atoms with Crippen LogP contribution in [0.4, 0.5) is 0 Å². The Labute approximate surface area is 80.5 Å². The van der Waals surface area contributed by atoms with Crippen LogP contribution in [0.25, 0.3) is 0 Å². The zero-order valence-corrected chi connectivity index (χ0v) is 8.46. The van der Waals surface area contributed by atoms with Gasteiger partial charge in [0.05, 0.1) is 0 Å². The van der Waals surface area contributed by atoms with Crippen molar-refractivity contribution in [1.29, 1.82) is 0 Å². The molecule has 0 radical (unpaired) electrons. The second-order valence-corrected chi connectivity index (χ2v) is 3.67. The van der Waals surface area contributed by atoms with Gasteiger partial charge in [-0.15, -0.1) is 0 Å². The van der Waals surface area contributed by atoms with E-state index in [1.165, 1.54) is 11.1 Å². The van der Waals surface area contributed by atoms with Crippen LogP contribution in [0.5, 0.6) is 0 Å². The van der Waals surface area contributed by atoms with Crippen LogP contribution in [0.15, 0.2) is 35.5 Å². The maximum Gasteiger partial charge on any atom is 0.0436 e. The van der Waals surface area contributed by atoms with Crippen LogP contribution in [0.3, 0.4) is 0 Å². The zero-order valence-electron chi connectivity index (χ0n) is 8.46. The Kier molecular flexibility index (Phi) is 3.97. The first kappa shape index (κ1) is 10.3. The van der Waals surface area contributed by atoms with Crippen molar-refractivity contribution >= 4 is 0 Å². The Morgan fingerprint density at radius 2 is 2.23 bits per heavy atom. The topological polar surface area (TPSA) is 20.2 Å². The molecule has 1 nitrogen and oxygen atoms in total. The van der Waals surface area contributed by atoms with Crippen molar-refractivity contribution in [1.82, 2.24) is 0 Å². The van der Waals surface area contributed by atoms with Gasteiger partial charge in [0.15, 0.2) is 0 Å². The molecule has 0 spiro atoms. The fraction of sp³-hybridized carbons (Fsp3) is 0.500. The molecule has 0 saturated heterocycles. The fourth-order valence-electron chi connectivity index (χ4n) is 1.49. The van der Waals surface area contributed by atoms with Crippen LogP contribution in [-0.4, -0.2) is 11.7 Å². The summed E-state index contributed by atoms with van der Waals surface area (Å²) in [7, 11) is 0. The molecular weight excluding hydrogens is 160 g/mol. The minimum Gasteiger partial charge on any atom is -0.396 e. The van der Waals surface area contributed by atoms with Gasteiger partial charge >= 0.3 is 0 Å². The molecule has 0 aromatic rings. The summed E-state index contributed by atoms with van der Waals surface area (Å²) in [6, 6.07) is 0. The molecule has 0 aromatic carbocycles. The van der Waals surface area contributed by atoms with Gasteiger partial charge in [-0.2, -0.15) is 0 Å². The lowest BCUT2D eigenvalue weighted by molar-refractivity contribution is 0.271. The van der Waals surface area contributed by atoms with Crippen molar-refractivity contribution in [3.8, 4) is 0 Å². The number of rotatable bonds is 3. The van der Waals surface area contributed by atoms with Crippen molar-refractivity contribution < 1.29 is 5.11 Å². The summed E-state index contributed by atoms with van der Waals surface area (Å²) in [5.74, 6) is 0.497. The third-order valence-electron chi connectivity index (χ3n) is 2.49. The van der Waals surface area contributed by atoms with Gasteiger partial charge in [-0.05, 0) is 25.7 Å². The summed E-state index contributed by atoms with van der Waals surface area (Å²) in [6.45, 7) is 4.56. The smallest absolute Gasteiger partial charge is 0.0436 e. The third kappa shape index (κ3) is 3.19. The van der Waals surface area contributed by atoms with Crippen molar-refractivity contribution in [2.24, 2.45) is 5.92 Å². The highest BCUT2D eigenvalue weighted by Crippen LogP contribution is 2.21. The minimum atomic E-state index is 0.283. The highest BCUT2D eigenvalue weighted by atomic mass is 16.3. The fourth-order valence-corrected chi connectivity index (χ4v) is 1.49. The third-order valence-corrected chi connectivity index (χ3v) is 2.49. The van der Waals surface area contributed by atoms with Gasteiger partial charge in [0.2, 0.25) is 0 Å². The van der Waals surface area contributed by atoms with Crippen molar-refractivity contribution in [2.75, 3.05) is 6.61 Å². The van der Waals surface area contributed by atoms with E-state index in [1.807, 2.05) is 0 Å². The first-order valence-corrected chi connectivity index (χ1v) is 4.88. The maximum absolute atomic E-state index is 8.83. The molecule has 1 N–H and O–H groups in total. The number of allylic oxidation sites excluding steroid dienone is 6. The number of hydrogen-bond donors (Lipinski definition) is 1. The predicted octanol–water partition coefficient (Wildman–Crippen LogP) is 2.84. The van der Waals surface area contributed by atoms with E-state index in [2.05, 4.69) is 38.2 Å². The molecule has 0 fully saturated rings. The second kappa shape index (κ2) is 5.03. The SMILES string of the molecule is CC1=CC=C(C(C)CCO)CC=C1. The molecule has 1 atom stereocenters. The molecule has 13 heavy (non-hydrogen) atoms. The van der Waals surface area contributed by atoms with E-state index >= 15 is 0 Å². The molecule has 0 saturated carbocycles. The lowest BCUT2D eigenvalue weighted by atomic mass is 9.95. The van der Waals surface area contributed by atoms with Crippen LogP contribution in [0, 0.1) is 5.92 Å². The van der Waals surface area contributed by atoms with Gasteiger partial charge in [-0.3, -0.25) is 0 Å². The summed E-state index contributed by atoms with van der Waals surface area (Å²) in [5, 5.41) is 8.83. The highest BCUT2D eigenvalue weighted by Gasteiger charge is 2.06. The van der Waals surface area contributed by atoms with Crippen molar-refractivity contribution in [3.05, 3.63) is 35.5 Å². The van der Waals surface area contributed by atoms with Crippen LogP contribution in [0.2, 0.25) is 0 Å². The molecule has 72 valence electrons. The molecule has 0 aromatic heterocycles. The molecule has 1 unspecified atom stereocenters. The Morgan fingerprint density at radius 3 is 2.92 bits per heavy atom. The summed E-state index contributed by atoms with van der Waals surface area (Å²) in [5.41, 5.74) is 2.72. The largest absolute Gasteiger partial charge is 0.396 e. The average Bonchev–Trinajstić information content (AvgIpc) is 2.30. The number of aliphatic hydroxyl groups is 1. The Bertz CT molecular complexity index is 246. The van der Waals surface area contributed by atoms with E-state index in [4.69, 9.17) is 5.11 Å². The number of hydrogen-bond acceptors (Lipinski definition) is 1. The molecule has 1 aliphatic carbocycles. The van der Waals surface area contributed by atoms with E-state index in [-0.39, 0.29) is 6.61 Å². The maximum atomic E-state index is 8.83. The van der Waals surface area contributed by atoms with E-state index in [1.54, 1.807) is 0 Å². The quantitative estimate of drug-likeness (QED) is 0.704. The first-order valence-electron chi connectivity index (χ1n) is 4.88. The average molecular weight is 178 g/mol. The molecule has 0 bridgehead atoms. The number of aliphatic hydroxyl groups excluding tert-OH is 1. The predicted molar refractivity (Wildman–Crippen MR) is 56.5 cm³/mol. The lowest BCUT2D eigenvalue weighted by Crippen LogP contribution is -2.01. The van der Waals surface area contributed by atoms with Gasteiger partial charge in [-0.1, -0.05) is 42.4 Å². The molecule has 1 aliphatic rings. The van der Waals surface area contributed by atoms with Crippen LogP contribution in [0.1, 0.15) is 26.7 Å². The molecule has 0 aliphatic heterocycles. The van der Waals surface area contributed by atoms with Gasteiger partial charge in [-0.25, -0.2) is 0 Å². The van der Waals surface area contributed by atoms with E-state index < -0.39 is 0 Å². The highest BCUT2D eigenvalue weighted by molar-refractivity contribution is 5.30. The molecule has 1 rings (SSSR count). The van der Waals surface area contributed by atoms with Crippen molar-refractivity contribution in [3.63, 3.8) is 0 Å². The molecule has 0 amide bonds. The van der Waals surface area contributed by atoms with E-state index in [9.17, 15) is 0 Å². The summed E-state index contributed by atoms with van der Waals surface area (Å²) in [4.78, 5) is 0. The molecule has 0 heterocycles. The minimum absolute atomic E-state index is 0.283. The van der Waals surface area contributed by atoms with Gasteiger partial charge in [0.1, 0.15) is 0 Å². The first-order chi connectivity index (χ1) is 6.24. The summed E-state index contributed by atoms with van der Waals surface area (Å²) < 4.78 is 0. The van der Waals surface area contributed by atoms with Crippen LogP contribution >= 0.6 is 0 Å². The van der Waals surface area contributed by atoms with Crippen LogP contribution < -0.4 is 0 Å². The molecule has 1 heteroatoms. The molecular formula is C12H18O. The van der Waals surface area contributed by atoms with E-state index in [0.717, 1.165) is 12.8 Å². The summed E-state index contributed by atoms with van der Waals surface area (Å²) >= 11 is 0. The lowest BCUT2D eigenvalue weighted by Gasteiger charge is -2.11. The Morgan fingerprint density at radius 1 is 1.46 bits per heavy atom. The standard InChI is InChI=1S/C12H18O/c1-10-4-3-5-12(7-6-10)11(2)8-9-13/h3-4,6-7,11,13H,5,8-9H2,1-2H3. The van der Waals surface area contributed by atoms with Crippen LogP contribution in [-0.2, 0) is 0 Å². The van der Waals surface area contributed by atoms with Gasteiger partial charge in [0, 0.05) is 6.61 Å². The zero-order chi connectivity index (χ0) is 9.68. The Hall–Kier alpha value is -0.820. The van der Waals surface area contributed by atoms with E-state index in [0.29, 0.717) is 5.92 Å². The Balaban J connectivity index is 2.65. The van der Waals surface area contributed by atoms with Crippen molar-refractivity contribution in [2.45, 2.75) is 26.7 Å². The van der Waals surface area contributed by atoms with Gasteiger partial charge in [0.25, 0.3) is 0 Å². The second-order valence-electron chi connectivity index (χ2n) is 3.67.